The van der Waals surface area contributed by atoms with Crippen LogP contribution in [0.25, 0.3) is 55.6 Å². The van der Waals surface area contributed by atoms with Crippen LogP contribution in [0.1, 0.15) is 12.7 Å². The van der Waals surface area contributed by atoms with E-state index in [1.807, 2.05) is 30.3 Å². The second-order valence-corrected chi connectivity index (χ2v) is 12.7. The van der Waals surface area contributed by atoms with E-state index in [9.17, 15) is 0 Å². The van der Waals surface area contributed by atoms with Crippen LogP contribution in [-0.2, 0) is 6.54 Å². The van der Waals surface area contributed by atoms with Crippen molar-refractivity contribution in [2.75, 3.05) is 16.8 Å². The molecule has 232 valence electrons. The van der Waals surface area contributed by atoms with Crippen LogP contribution in [0.3, 0.4) is 0 Å². The maximum Gasteiger partial charge on any atom is 0.287 e. The van der Waals surface area contributed by atoms with Gasteiger partial charge in [-0.3, -0.25) is 4.90 Å². The predicted octanol–water partition coefficient (Wildman–Crippen LogP) is 9.50. The number of allylic oxidation sites excluding steroid dienone is 2. The van der Waals surface area contributed by atoms with E-state index in [0.29, 0.717) is 5.89 Å². The minimum absolute atomic E-state index is 0.619. The second kappa shape index (κ2) is 11.4. The highest BCUT2D eigenvalue weighted by molar-refractivity contribution is 7.22. The molecule has 0 N–H and O–H groups in total. The van der Waals surface area contributed by atoms with Gasteiger partial charge in [0.05, 0.1) is 28.1 Å². The SMILES string of the molecule is CC[n+]1c(/C=C/C=C2\N(C)c3ccccc3N2c2nc3ccccc3s2)n(-c2ccccc2)c2ccc(-c3nc4ccccc4o3)cc21. The Labute approximate surface area is 281 Å². The quantitative estimate of drug-likeness (QED) is 0.169. The third-order valence-electron chi connectivity index (χ3n) is 8.91. The fourth-order valence-electron chi connectivity index (χ4n) is 6.67. The molecule has 0 saturated heterocycles. The summed E-state index contributed by atoms with van der Waals surface area (Å²) in [5.74, 6) is 2.72. The van der Waals surface area contributed by atoms with Crippen LogP contribution in [-0.4, -0.2) is 21.6 Å². The highest BCUT2D eigenvalue weighted by atomic mass is 32.1. The number of oxazole rings is 1. The number of para-hydroxylation sites is 6. The Morgan fingerprint density at radius 1 is 0.792 bits per heavy atom. The van der Waals surface area contributed by atoms with Gasteiger partial charge >= 0.3 is 0 Å². The molecule has 4 heterocycles. The largest absolute Gasteiger partial charge is 0.436 e. The maximum absolute atomic E-state index is 6.16. The van der Waals surface area contributed by atoms with Gasteiger partial charge in [-0.15, -0.1) is 0 Å². The lowest BCUT2D eigenvalue weighted by Crippen LogP contribution is -2.35. The van der Waals surface area contributed by atoms with Crippen molar-refractivity contribution in [2.24, 2.45) is 0 Å². The number of anilines is 3. The van der Waals surface area contributed by atoms with Crippen molar-refractivity contribution in [1.82, 2.24) is 14.5 Å². The number of benzene rings is 5. The van der Waals surface area contributed by atoms with Crippen LogP contribution in [0.15, 0.2) is 144 Å². The predicted molar refractivity (Wildman–Crippen MR) is 196 cm³/mol. The van der Waals surface area contributed by atoms with Gasteiger partial charge in [-0.1, -0.05) is 72.0 Å². The Bertz CT molecular complexity index is 2470. The lowest BCUT2D eigenvalue weighted by atomic mass is 10.2. The first-order valence-corrected chi connectivity index (χ1v) is 16.9. The fourth-order valence-corrected chi connectivity index (χ4v) is 7.66. The molecule has 8 aromatic rings. The second-order valence-electron chi connectivity index (χ2n) is 11.7. The third-order valence-corrected chi connectivity index (χ3v) is 9.93. The van der Waals surface area contributed by atoms with Gasteiger partial charge in [-0.25, -0.2) is 14.5 Å². The van der Waals surface area contributed by atoms with Crippen molar-refractivity contribution in [3.8, 4) is 17.1 Å². The van der Waals surface area contributed by atoms with E-state index < -0.39 is 0 Å². The summed E-state index contributed by atoms with van der Waals surface area (Å²) in [6.07, 6.45) is 6.54. The molecule has 0 spiro atoms. The topological polar surface area (TPSA) is 54.2 Å². The number of thiazole rings is 1. The van der Waals surface area contributed by atoms with Crippen molar-refractivity contribution in [3.63, 3.8) is 0 Å². The van der Waals surface area contributed by atoms with Crippen LogP contribution < -0.4 is 14.4 Å². The summed E-state index contributed by atoms with van der Waals surface area (Å²) in [6, 6.07) is 41.7. The van der Waals surface area contributed by atoms with Crippen molar-refractivity contribution >= 4 is 66.3 Å². The Morgan fingerprint density at radius 3 is 2.35 bits per heavy atom. The lowest BCUT2D eigenvalue weighted by molar-refractivity contribution is -0.670. The Hall–Kier alpha value is -5.99. The first-order valence-electron chi connectivity index (χ1n) is 16.0. The van der Waals surface area contributed by atoms with Gasteiger partial charge < -0.3 is 9.32 Å². The molecule has 5 aromatic carbocycles. The number of aryl methyl sites for hydroxylation is 1. The number of nitrogens with zero attached hydrogens (tertiary/aromatic N) is 6. The molecule has 0 atom stereocenters. The monoisotopic (exact) mass is 643 g/mol. The molecule has 0 fully saturated rings. The van der Waals surface area contributed by atoms with Gasteiger partial charge in [0.15, 0.2) is 21.7 Å². The van der Waals surface area contributed by atoms with E-state index in [1.165, 1.54) is 4.70 Å². The summed E-state index contributed by atoms with van der Waals surface area (Å²) in [7, 11) is 2.12. The minimum atomic E-state index is 0.619. The first kappa shape index (κ1) is 28.3. The summed E-state index contributed by atoms with van der Waals surface area (Å²) in [5.41, 5.74) is 9.16. The van der Waals surface area contributed by atoms with E-state index in [-0.39, 0.29) is 0 Å². The van der Waals surface area contributed by atoms with Gasteiger partial charge in [0.1, 0.15) is 17.0 Å². The molecule has 1 aliphatic rings. The molecule has 0 unspecified atom stereocenters. The molecule has 3 aromatic heterocycles. The van der Waals surface area contributed by atoms with Crippen molar-refractivity contribution in [2.45, 2.75) is 13.5 Å². The van der Waals surface area contributed by atoms with Gasteiger partial charge in [0, 0.05) is 24.8 Å². The first-order chi connectivity index (χ1) is 23.7. The fraction of sp³-hybridized carbons (Fsp3) is 0.0750. The molecule has 1 aliphatic heterocycles. The van der Waals surface area contributed by atoms with E-state index in [0.717, 1.165) is 73.6 Å². The normalized spacial score (nSPS) is 14.0. The Kier molecular flexibility index (Phi) is 6.69. The molecule has 0 aliphatic carbocycles. The molecule has 8 heteroatoms. The van der Waals surface area contributed by atoms with E-state index in [2.05, 4.69) is 142 Å². The summed E-state index contributed by atoms with van der Waals surface area (Å²) in [5, 5.41) is 0.946. The smallest absolute Gasteiger partial charge is 0.287 e. The minimum Gasteiger partial charge on any atom is -0.436 e. The average Bonchev–Trinajstić information content (AvgIpc) is 3.89. The number of hydrogen-bond donors (Lipinski definition) is 0. The van der Waals surface area contributed by atoms with Crippen molar-refractivity contribution < 1.29 is 8.98 Å². The Morgan fingerprint density at radius 2 is 1.54 bits per heavy atom. The molecule has 0 radical (unpaired) electrons. The van der Waals surface area contributed by atoms with Crippen LogP contribution >= 0.6 is 11.3 Å². The van der Waals surface area contributed by atoms with Gasteiger partial charge in [-0.2, -0.15) is 4.57 Å². The number of rotatable bonds is 6. The van der Waals surface area contributed by atoms with Gasteiger partial charge in [0.25, 0.3) is 5.82 Å². The Balaban J connectivity index is 1.18. The van der Waals surface area contributed by atoms with E-state index in [4.69, 9.17) is 14.4 Å². The molecule has 0 bridgehead atoms. The van der Waals surface area contributed by atoms with Crippen molar-refractivity contribution in [3.05, 3.63) is 145 Å². The number of hydrogen-bond acceptors (Lipinski definition) is 6. The average molecular weight is 644 g/mol. The van der Waals surface area contributed by atoms with Gasteiger partial charge in [-0.05, 0) is 73.7 Å². The maximum atomic E-state index is 6.16. The number of imidazole rings is 1. The van der Waals surface area contributed by atoms with E-state index >= 15 is 0 Å². The molecule has 0 amide bonds. The van der Waals surface area contributed by atoms with Crippen LogP contribution in [0.4, 0.5) is 16.5 Å². The molecular weight excluding hydrogens is 613 g/mol. The lowest BCUT2D eigenvalue weighted by Gasteiger charge is -2.19. The van der Waals surface area contributed by atoms with Crippen LogP contribution in [0.2, 0.25) is 0 Å². The molecule has 9 rings (SSSR count). The van der Waals surface area contributed by atoms with Crippen LogP contribution in [0.5, 0.6) is 0 Å². The zero-order valence-electron chi connectivity index (χ0n) is 26.5. The molecule has 7 nitrogen and oxygen atoms in total. The number of aromatic nitrogens is 4. The molecular formula is C40H31N6OS+. The van der Waals surface area contributed by atoms with Crippen LogP contribution in [0, 0.1) is 0 Å². The number of fused-ring (bicyclic) bond motifs is 4. The van der Waals surface area contributed by atoms with Gasteiger partial charge in [0.2, 0.25) is 5.89 Å². The highest BCUT2D eigenvalue weighted by Crippen LogP contribution is 2.47. The zero-order chi connectivity index (χ0) is 32.2. The summed E-state index contributed by atoms with van der Waals surface area (Å²) < 4.78 is 12.0. The summed E-state index contributed by atoms with van der Waals surface area (Å²) in [4.78, 5) is 14.3. The standard InChI is InChI=1S/C40H31N6OS/c1-3-44-34-26-27(39-41-29-16-7-11-20-35(29)47-39)24-25-33(34)45(28-14-5-4-6-15-28)38(44)23-13-22-37-43(2)31-18-9-10-19-32(31)46(37)40-42-30-17-8-12-21-36(30)48-40/h4-26H,3H2,1-2H3/q+1. The molecule has 48 heavy (non-hydrogen) atoms. The summed E-state index contributed by atoms with van der Waals surface area (Å²) in [6.45, 7) is 2.97. The van der Waals surface area contributed by atoms with Crippen molar-refractivity contribution in [1.29, 1.82) is 0 Å². The van der Waals surface area contributed by atoms with E-state index in [1.54, 1.807) is 11.3 Å². The third kappa shape index (κ3) is 4.52. The molecule has 0 saturated carbocycles. The highest BCUT2D eigenvalue weighted by Gasteiger charge is 2.32. The zero-order valence-corrected chi connectivity index (χ0v) is 27.3. The summed E-state index contributed by atoms with van der Waals surface area (Å²) >= 11 is 1.71.